The lowest BCUT2D eigenvalue weighted by Crippen LogP contribution is -2.14. The van der Waals surface area contributed by atoms with Gasteiger partial charge >= 0.3 is 0 Å². The van der Waals surface area contributed by atoms with Crippen molar-refractivity contribution in [2.24, 2.45) is 0 Å². The molecule has 1 amide bonds. The van der Waals surface area contributed by atoms with Gasteiger partial charge in [0.2, 0.25) is 0 Å². The number of amides is 1. The number of aryl methyl sites for hydroxylation is 3. The van der Waals surface area contributed by atoms with E-state index >= 15 is 0 Å². The Hall–Kier alpha value is -3.31. The summed E-state index contributed by atoms with van der Waals surface area (Å²) in [5.41, 5.74) is 5.74. The van der Waals surface area contributed by atoms with Crippen LogP contribution in [0, 0.1) is 35.7 Å². The lowest BCUT2D eigenvalue weighted by atomic mass is 10.1. The van der Waals surface area contributed by atoms with Crippen LogP contribution in [0.1, 0.15) is 34.7 Å². The summed E-state index contributed by atoms with van der Waals surface area (Å²) in [7, 11) is 0. The average molecular weight is 566 g/mol. The highest BCUT2D eigenvalue weighted by molar-refractivity contribution is 14.1. The number of hydrogen-bond donors (Lipinski definition) is 1. The van der Waals surface area contributed by atoms with Gasteiger partial charge in [-0.05, 0) is 91.3 Å². The highest BCUT2D eigenvalue weighted by Gasteiger charge is 2.15. The van der Waals surface area contributed by atoms with Gasteiger partial charge in [0.25, 0.3) is 5.91 Å². The molecule has 0 radical (unpaired) electrons. The van der Waals surface area contributed by atoms with E-state index in [-0.39, 0.29) is 5.57 Å². The van der Waals surface area contributed by atoms with Crippen LogP contribution in [0.25, 0.3) is 6.08 Å². The monoisotopic (exact) mass is 566 g/mol. The molecule has 0 bridgehead atoms. The Labute approximate surface area is 214 Å². The smallest absolute Gasteiger partial charge is 0.266 e. The fourth-order valence-corrected chi connectivity index (χ4v) is 4.38. The van der Waals surface area contributed by atoms with Crippen molar-refractivity contribution in [3.8, 4) is 17.6 Å². The summed E-state index contributed by atoms with van der Waals surface area (Å²) in [6, 6.07) is 19.4. The van der Waals surface area contributed by atoms with Crippen LogP contribution in [0.2, 0.25) is 0 Å². The van der Waals surface area contributed by atoms with Crippen LogP contribution in [0.5, 0.6) is 11.5 Å². The van der Waals surface area contributed by atoms with E-state index in [9.17, 15) is 10.1 Å². The first-order valence-electron chi connectivity index (χ1n) is 11.0. The van der Waals surface area contributed by atoms with Gasteiger partial charge in [0, 0.05) is 5.69 Å². The standard InChI is InChI=1S/C28H27IN2O3/c1-5-33-26-15-21(13-23(16-30)28(32)31-25-9-7-6-8-20(25)4)14-24(29)27(26)34-17-22-11-18(2)10-19(3)12-22/h6-15H,5,17H2,1-4H3,(H,31,32)/b23-13+. The Morgan fingerprint density at radius 3 is 2.41 bits per heavy atom. The topological polar surface area (TPSA) is 71.3 Å². The summed E-state index contributed by atoms with van der Waals surface area (Å²) in [6.07, 6.45) is 1.56. The largest absolute Gasteiger partial charge is 0.490 e. The molecule has 3 aromatic carbocycles. The quantitative estimate of drug-likeness (QED) is 0.186. The molecule has 1 N–H and O–H groups in total. The van der Waals surface area contributed by atoms with Gasteiger partial charge in [0.1, 0.15) is 18.2 Å². The molecule has 6 heteroatoms. The first-order chi connectivity index (χ1) is 16.3. The van der Waals surface area contributed by atoms with Crippen molar-refractivity contribution in [1.82, 2.24) is 0 Å². The number of rotatable bonds is 8. The normalized spacial score (nSPS) is 11.0. The molecule has 3 aromatic rings. The zero-order chi connectivity index (χ0) is 24.7. The molecule has 34 heavy (non-hydrogen) atoms. The van der Waals surface area contributed by atoms with E-state index in [1.54, 1.807) is 18.2 Å². The number of carbonyl (C=O) groups excluding carboxylic acids is 1. The molecule has 3 rings (SSSR count). The highest BCUT2D eigenvalue weighted by Crippen LogP contribution is 2.35. The van der Waals surface area contributed by atoms with E-state index in [4.69, 9.17) is 9.47 Å². The summed E-state index contributed by atoms with van der Waals surface area (Å²) in [4.78, 5) is 12.7. The van der Waals surface area contributed by atoms with Gasteiger partial charge in [0.05, 0.1) is 10.2 Å². The van der Waals surface area contributed by atoms with Crippen LogP contribution in [0.3, 0.4) is 0 Å². The zero-order valence-corrected chi connectivity index (χ0v) is 21.9. The zero-order valence-electron chi connectivity index (χ0n) is 19.7. The lowest BCUT2D eigenvalue weighted by molar-refractivity contribution is -0.112. The predicted octanol–water partition coefficient (Wildman–Crippen LogP) is 6.74. The molecule has 0 spiro atoms. The number of hydrogen-bond acceptors (Lipinski definition) is 4. The van der Waals surface area contributed by atoms with E-state index < -0.39 is 5.91 Å². The third-order valence-corrected chi connectivity index (χ3v) is 5.87. The Balaban J connectivity index is 1.86. The first-order valence-corrected chi connectivity index (χ1v) is 12.0. The van der Waals surface area contributed by atoms with Gasteiger partial charge in [-0.25, -0.2) is 0 Å². The maximum atomic E-state index is 12.7. The van der Waals surface area contributed by atoms with E-state index in [1.165, 1.54) is 11.1 Å². The molecule has 0 aliphatic carbocycles. The number of anilines is 1. The maximum absolute atomic E-state index is 12.7. The van der Waals surface area contributed by atoms with Crippen molar-refractivity contribution in [2.75, 3.05) is 11.9 Å². The third-order valence-electron chi connectivity index (χ3n) is 5.07. The molecular formula is C28H27IN2O3. The number of halogens is 1. The summed E-state index contributed by atoms with van der Waals surface area (Å²) in [6.45, 7) is 8.81. The van der Waals surface area contributed by atoms with Gasteiger partial charge in [-0.1, -0.05) is 47.5 Å². The number of nitrogens with zero attached hydrogens (tertiary/aromatic N) is 1. The van der Waals surface area contributed by atoms with Gasteiger partial charge in [-0.15, -0.1) is 0 Å². The van der Waals surface area contributed by atoms with Crippen molar-refractivity contribution in [2.45, 2.75) is 34.3 Å². The molecule has 0 heterocycles. The summed E-state index contributed by atoms with van der Waals surface area (Å²) in [5, 5.41) is 12.4. The second-order valence-corrected chi connectivity index (χ2v) is 9.15. The van der Waals surface area contributed by atoms with Crippen LogP contribution in [-0.4, -0.2) is 12.5 Å². The van der Waals surface area contributed by atoms with Crippen molar-refractivity contribution in [3.05, 3.63) is 91.6 Å². The third kappa shape index (κ3) is 6.61. The average Bonchev–Trinajstić information content (AvgIpc) is 2.78. The first kappa shape index (κ1) is 25.3. The second-order valence-electron chi connectivity index (χ2n) is 7.99. The Bertz CT molecular complexity index is 1250. The minimum absolute atomic E-state index is 0.00501. The molecule has 0 atom stereocenters. The van der Waals surface area contributed by atoms with E-state index in [2.05, 4.69) is 60.0 Å². The van der Waals surface area contributed by atoms with E-state index in [0.29, 0.717) is 36.0 Å². The lowest BCUT2D eigenvalue weighted by Gasteiger charge is -2.15. The molecular weight excluding hydrogens is 539 g/mol. The minimum Gasteiger partial charge on any atom is -0.490 e. The van der Waals surface area contributed by atoms with Gasteiger partial charge in [-0.2, -0.15) is 5.26 Å². The summed E-state index contributed by atoms with van der Waals surface area (Å²) in [5.74, 6) is 0.753. The molecule has 0 aliphatic heterocycles. The van der Waals surface area contributed by atoms with Crippen molar-refractivity contribution in [1.29, 1.82) is 5.26 Å². The molecule has 5 nitrogen and oxygen atoms in total. The van der Waals surface area contributed by atoms with Gasteiger partial charge in [0.15, 0.2) is 11.5 Å². The van der Waals surface area contributed by atoms with Crippen LogP contribution in [0.4, 0.5) is 5.69 Å². The SMILES string of the molecule is CCOc1cc(/C=C(\C#N)C(=O)Nc2ccccc2C)cc(I)c1OCc1cc(C)cc(C)c1. The number of nitrogens with one attached hydrogen (secondary N) is 1. The number of ether oxygens (including phenoxy) is 2. The highest BCUT2D eigenvalue weighted by atomic mass is 127. The van der Waals surface area contributed by atoms with Crippen LogP contribution < -0.4 is 14.8 Å². The van der Waals surface area contributed by atoms with Crippen LogP contribution in [0.15, 0.2) is 60.2 Å². The number of carbonyl (C=O) groups is 1. The van der Waals surface area contributed by atoms with Crippen molar-refractivity contribution in [3.63, 3.8) is 0 Å². The van der Waals surface area contributed by atoms with Gasteiger partial charge < -0.3 is 14.8 Å². The Kier molecular flexibility index (Phi) is 8.72. The second kappa shape index (κ2) is 11.7. The summed E-state index contributed by atoms with van der Waals surface area (Å²) >= 11 is 2.19. The Morgan fingerprint density at radius 1 is 1.06 bits per heavy atom. The fraction of sp³-hybridized carbons (Fsp3) is 0.214. The minimum atomic E-state index is -0.458. The van der Waals surface area contributed by atoms with Crippen LogP contribution in [-0.2, 0) is 11.4 Å². The van der Waals surface area contributed by atoms with Gasteiger partial charge in [-0.3, -0.25) is 4.79 Å². The number of para-hydroxylation sites is 1. The predicted molar refractivity (Wildman–Crippen MR) is 144 cm³/mol. The van der Waals surface area contributed by atoms with E-state index in [0.717, 1.165) is 14.7 Å². The van der Waals surface area contributed by atoms with E-state index in [1.807, 2.05) is 44.2 Å². The molecule has 0 unspecified atom stereocenters. The number of nitriles is 1. The Morgan fingerprint density at radius 2 is 1.76 bits per heavy atom. The molecule has 0 saturated heterocycles. The van der Waals surface area contributed by atoms with Crippen molar-refractivity contribution < 1.29 is 14.3 Å². The molecule has 0 aliphatic rings. The fourth-order valence-electron chi connectivity index (χ4n) is 3.60. The molecule has 0 aromatic heterocycles. The molecule has 174 valence electrons. The molecule has 0 fully saturated rings. The number of benzene rings is 3. The summed E-state index contributed by atoms with van der Waals surface area (Å²) < 4.78 is 12.8. The van der Waals surface area contributed by atoms with Crippen LogP contribution >= 0.6 is 22.6 Å². The maximum Gasteiger partial charge on any atom is 0.266 e. The van der Waals surface area contributed by atoms with Crippen molar-refractivity contribution >= 4 is 40.3 Å². The molecule has 0 saturated carbocycles.